The van der Waals surface area contributed by atoms with E-state index in [9.17, 15) is 9.18 Å². The van der Waals surface area contributed by atoms with Gasteiger partial charge in [-0.2, -0.15) is 0 Å². The monoisotopic (exact) mass is 461 g/mol. The number of carbonyl (C=O) groups is 1. The Morgan fingerprint density at radius 2 is 1.97 bits per heavy atom. The molecule has 1 atom stereocenters. The molecule has 168 valence electrons. The lowest BCUT2D eigenvalue weighted by atomic mass is 10.0. The minimum Gasteiger partial charge on any atom is -0.315 e. The Labute approximate surface area is 195 Å². The van der Waals surface area contributed by atoms with Crippen molar-refractivity contribution in [3.05, 3.63) is 70.6 Å². The zero-order chi connectivity index (χ0) is 22.9. The summed E-state index contributed by atoms with van der Waals surface area (Å²) in [5, 5.41) is 14.9. The molecule has 0 saturated carbocycles. The van der Waals surface area contributed by atoms with Crippen LogP contribution in [0.2, 0.25) is 0 Å². The molecule has 1 amide bonds. The predicted octanol–water partition coefficient (Wildman–Crippen LogP) is 4.91. The number of aryl methyl sites for hydroxylation is 2. The van der Waals surface area contributed by atoms with E-state index < -0.39 is 0 Å². The number of hydrogen-bond donors (Lipinski definition) is 1. The summed E-state index contributed by atoms with van der Waals surface area (Å²) < 4.78 is 14.1. The maximum Gasteiger partial charge on any atom is 0.259 e. The van der Waals surface area contributed by atoms with Gasteiger partial charge in [0.1, 0.15) is 21.7 Å². The van der Waals surface area contributed by atoms with Gasteiger partial charge >= 0.3 is 0 Å². The summed E-state index contributed by atoms with van der Waals surface area (Å²) in [4.78, 5) is 20.3. The zero-order valence-corrected chi connectivity index (χ0v) is 19.3. The van der Waals surface area contributed by atoms with E-state index in [0.29, 0.717) is 17.9 Å². The van der Waals surface area contributed by atoms with E-state index in [0.717, 1.165) is 51.3 Å². The Balaban J connectivity index is 1.58. The van der Waals surface area contributed by atoms with E-state index in [1.54, 1.807) is 17.2 Å². The zero-order valence-electron chi connectivity index (χ0n) is 18.5. The first-order chi connectivity index (χ1) is 16.0. The molecule has 3 heterocycles. The van der Waals surface area contributed by atoms with Crippen molar-refractivity contribution in [2.45, 2.75) is 32.7 Å². The number of hydrogen-bond acceptors (Lipinski definition) is 6. The molecule has 0 radical (unpaired) electrons. The molecule has 1 aliphatic heterocycles. The van der Waals surface area contributed by atoms with Crippen LogP contribution < -0.4 is 10.2 Å². The lowest BCUT2D eigenvalue weighted by Gasteiger charge is -2.35. The van der Waals surface area contributed by atoms with Crippen LogP contribution in [-0.4, -0.2) is 40.2 Å². The molecule has 1 saturated heterocycles. The maximum atomic E-state index is 14.1. The number of nitrogens with one attached hydrogen (secondary N) is 1. The van der Waals surface area contributed by atoms with Crippen LogP contribution in [0.15, 0.2) is 48.7 Å². The minimum absolute atomic E-state index is 0.0423. The fourth-order valence-electron chi connectivity index (χ4n) is 4.44. The Morgan fingerprint density at radius 3 is 2.67 bits per heavy atom. The van der Waals surface area contributed by atoms with Crippen LogP contribution in [0.1, 0.15) is 33.8 Å². The third kappa shape index (κ3) is 4.24. The van der Waals surface area contributed by atoms with E-state index in [1.807, 2.05) is 38.1 Å². The van der Waals surface area contributed by atoms with Crippen molar-refractivity contribution in [2.24, 2.45) is 0 Å². The van der Waals surface area contributed by atoms with E-state index >= 15 is 0 Å². The van der Waals surface area contributed by atoms with Gasteiger partial charge in [0.05, 0.1) is 6.04 Å². The lowest BCUT2D eigenvalue weighted by Crippen LogP contribution is -2.49. The van der Waals surface area contributed by atoms with Gasteiger partial charge in [0.2, 0.25) is 0 Å². The molecule has 33 heavy (non-hydrogen) atoms. The second-order valence-corrected chi connectivity index (χ2v) is 9.52. The van der Waals surface area contributed by atoms with E-state index in [4.69, 9.17) is 0 Å². The number of fused-ring (bicyclic) bond motifs is 1. The minimum atomic E-state index is -0.295. The largest absolute Gasteiger partial charge is 0.315 e. The van der Waals surface area contributed by atoms with Crippen molar-refractivity contribution >= 4 is 33.8 Å². The first kappa shape index (κ1) is 21.6. The highest BCUT2D eigenvalue weighted by Crippen LogP contribution is 2.32. The van der Waals surface area contributed by atoms with Gasteiger partial charge in [0.25, 0.3) is 5.91 Å². The van der Waals surface area contributed by atoms with Gasteiger partial charge in [-0.15, -0.1) is 10.2 Å². The summed E-state index contributed by atoms with van der Waals surface area (Å²) >= 11 is 1.52. The van der Waals surface area contributed by atoms with E-state index in [2.05, 4.69) is 20.5 Å². The summed E-state index contributed by atoms with van der Waals surface area (Å²) in [5.41, 5.74) is 2.26. The van der Waals surface area contributed by atoms with E-state index in [-0.39, 0.29) is 17.8 Å². The van der Waals surface area contributed by atoms with Gasteiger partial charge in [0, 0.05) is 29.3 Å². The second-order valence-electron chi connectivity index (χ2n) is 8.33. The lowest BCUT2D eigenvalue weighted by molar-refractivity contribution is 0.0972. The summed E-state index contributed by atoms with van der Waals surface area (Å²) in [6.07, 6.45) is 3.50. The molecule has 6 nitrogen and oxygen atoms in total. The summed E-state index contributed by atoms with van der Waals surface area (Å²) in [6.45, 7) is 5.39. The number of halogens is 1. The topological polar surface area (TPSA) is 71.0 Å². The molecule has 0 bridgehead atoms. The summed E-state index contributed by atoms with van der Waals surface area (Å²) in [5.74, 6) is 0.164. The third-order valence-corrected chi connectivity index (χ3v) is 6.88. The SMILES string of the molecule is Cc1nnc(-c2ccc(C(=O)N(c3nccc4cc(F)cc(C)c34)[C@@H]3CCCNC3)cc2)s1. The molecule has 1 aliphatic rings. The fraction of sp³-hybridized carbons (Fsp3) is 0.280. The third-order valence-electron chi connectivity index (χ3n) is 5.99. The van der Waals surface area contributed by atoms with Gasteiger partial charge in [-0.1, -0.05) is 23.5 Å². The molecule has 8 heteroatoms. The van der Waals surface area contributed by atoms with Gasteiger partial charge in [0.15, 0.2) is 0 Å². The number of carbonyl (C=O) groups excluding carboxylic acids is 1. The number of pyridine rings is 1. The standard InChI is InChI=1S/C25H24FN5OS/c1-15-12-20(26)13-19-9-11-28-23(22(15)19)31(21-4-3-10-27-14-21)25(32)18-7-5-17(6-8-18)24-30-29-16(2)33-24/h5-9,11-13,21,27H,3-4,10,14H2,1-2H3/t21-/m1/s1. The van der Waals surface area contributed by atoms with Gasteiger partial charge < -0.3 is 5.32 Å². The molecule has 0 unspecified atom stereocenters. The highest BCUT2D eigenvalue weighted by atomic mass is 32.1. The van der Waals surface area contributed by atoms with Crippen LogP contribution in [0.25, 0.3) is 21.3 Å². The van der Waals surface area contributed by atoms with Crippen molar-refractivity contribution in [3.8, 4) is 10.6 Å². The summed E-state index contributed by atoms with van der Waals surface area (Å²) in [6, 6.07) is 12.2. The maximum absolute atomic E-state index is 14.1. The number of amides is 1. The average Bonchev–Trinajstić information content (AvgIpc) is 3.26. The van der Waals surface area contributed by atoms with Crippen molar-refractivity contribution in [2.75, 3.05) is 18.0 Å². The first-order valence-corrected chi connectivity index (χ1v) is 11.8. The highest BCUT2D eigenvalue weighted by Gasteiger charge is 2.30. The normalized spacial score (nSPS) is 16.2. The number of rotatable bonds is 4. The molecule has 1 fully saturated rings. The van der Waals surface area contributed by atoms with Crippen LogP contribution in [0.3, 0.4) is 0 Å². The number of aromatic nitrogens is 3. The van der Waals surface area contributed by atoms with Crippen LogP contribution in [-0.2, 0) is 0 Å². The molecule has 0 spiro atoms. The average molecular weight is 462 g/mol. The van der Waals surface area contributed by atoms with Gasteiger partial charge in [-0.05, 0) is 74.5 Å². The number of nitrogens with zero attached hydrogens (tertiary/aromatic N) is 4. The molecule has 4 aromatic rings. The molecule has 2 aromatic carbocycles. The van der Waals surface area contributed by atoms with Crippen LogP contribution in [0.5, 0.6) is 0 Å². The molecule has 5 rings (SSSR count). The van der Waals surface area contributed by atoms with Crippen molar-refractivity contribution in [1.82, 2.24) is 20.5 Å². The Kier molecular flexibility index (Phi) is 5.86. The van der Waals surface area contributed by atoms with Crippen LogP contribution in [0.4, 0.5) is 10.2 Å². The van der Waals surface area contributed by atoms with Crippen molar-refractivity contribution < 1.29 is 9.18 Å². The second kappa shape index (κ2) is 8.96. The number of piperidine rings is 1. The Morgan fingerprint density at radius 1 is 1.15 bits per heavy atom. The van der Waals surface area contributed by atoms with Crippen molar-refractivity contribution in [1.29, 1.82) is 0 Å². The highest BCUT2D eigenvalue weighted by molar-refractivity contribution is 7.14. The van der Waals surface area contributed by atoms with Gasteiger partial charge in [-0.3, -0.25) is 9.69 Å². The molecular weight excluding hydrogens is 437 g/mol. The predicted molar refractivity (Wildman–Crippen MR) is 129 cm³/mol. The fourth-order valence-corrected chi connectivity index (χ4v) is 5.13. The number of benzene rings is 2. The molecule has 1 N–H and O–H groups in total. The first-order valence-electron chi connectivity index (χ1n) is 11.0. The van der Waals surface area contributed by atoms with Crippen LogP contribution >= 0.6 is 11.3 Å². The van der Waals surface area contributed by atoms with E-state index in [1.165, 1.54) is 23.5 Å². The number of anilines is 1. The van der Waals surface area contributed by atoms with Crippen molar-refractivity contribution in [3.63, 3.8) is 0 Å². The molecule has 2 aromatic heterocycles. The molecule has 0 aliphatic carbocycles. The smallest absolute Gasteiger partial charge is 0.259 e. The van der Waals surface area contributed by atoms with Gasteiger partial charge in [-0.25, -0.2) is 9.37 Å². The van der Waals surface area contributed by atoms with Crippen LogP contribution in [0, 0.1) is 19.7 Å². The Bertz CT molecular complexity index is 1310. The quantitative estimate of drug-likeness (QED) is 0.468. The Hall–Kier alpha value is -3.23. The summed E-state index contributed by atoms with van der Waals surface area (Å²) in [7, 11) is 0. The molecular formula is C25H24FN5OS.